The molecule has 1 aromatic heterocycles. The highest BCUT2D eigenvalue weighted by molar-refractivity contribution is 7.80. The Morgan fingerprint density at radius 1 is 1.32 bits per heavy atom. The Hall–Kier alpha value is -2.14. The Bertz CT molecular complexity index is 596. The number of nitrogens with two attached hydrogens (primary N) is 1. The minimum absolute atomic E-state index is 0.298. The van der Waals surface area contributed by atoms with Crippen molar-refractivity contribution in [1.82, 2.24) is 4.98 Å². The van der Waals surface area contributed by atoms with Crippen molar-refractivity contribution in [3.63, 3.8) is 0 Å². The van der Waals surface area contributed by atoms with Crippen LogP contribution >= 0.6 is 12.2 Å². The lowest BCUT2D eigenvalue weighted by molar-refractivity contribution is 0.414. The highest BCUT2D eigenvalue weighted by Crippen LogP contribution is 2.24. The zero-order chi connectivity index (χ0) is 13.8. The van der Waals surface area contributed by atoms with Crippen LogP contribution in [0.3, 0.4) is 0 Å². The van der Waals surface area contributed by atoms with E-state index in [0.29, 0.717) is 10.7 Å². The van der Waals surface area contributed by atoms with Crippen LogP contribution in [0.1, 0.15) is 11.3 Å². The fourth-order valence-electron chi connectivity index (χ4n) is 1.67. The molecule has 0 aliphatic carbocycles. The molecule has 0 fully saturated rings. The van der Waals surface area contributed by atoms with E-state index in [-0.39, 0.29) is 0 Å². The van der Waals surface area contributed by atoms with Gasteiger partial charge < -0.3 is 15.8 Å². The molecule has 4 nitrogen and oxygen atoms in total. The van der Waals surface area contributed by atoms with Crippen molar-refractivity contribution in [3.8, 4) is 5.75 Å². The monoisotopic (exact) mass is 273 g/mol. The zero-order valence-electron chi connectivity index (χ0n) is 10.8. The predicted molar refractivity (Wildman–Crippen MR) is 81.1 cm³/mol. The summed E-state index contributed by atoms with van der Waals surface area (Å²) in [5, 5.41) is 3.29. The minimum Gasteiger partial charge on any atom is -0.497 e. The van der Waals surface area contributed by atoms with Gasteiger partial charge in [0.25, 0.3) is 0 Å². The van der Waals surface area contributed by atoms with Crippen molar-refractivity contribution in [3.05, 3.63) is 47.8 Å². The van der Waals surface area contributed by atoms with Crippen LogP contribution in [-0.2, 0) is 0 Å². The third-order valence-corrected chi connectivity index (χ3v) is 2.94. The standard InChI is InChI=1S/C14H15N3OS/c1-9-7-11(18-2)4-6-12(9)17-10-3-5-13(14(15)19)16-8-10/h3-8,17H,1-2H3,(H2,15,19). The molecule has 0 amide bonds. The van der Waals surface area contributed by atoms with Crippen molar-refractivity contribution >= 4 is 28.6 Å². The Kier molecular flexibility index (Phi) is 3.97. The smallest absolute Gasteiger partial charge is 0.122 e. The molecule has 2 aromatic rings. The van der Waals surface area contributed by atoms with Gasteiger partial charge in [-0.2, -0.15) is 0 Å². The number of rotatable bonds is 4. The van der Waals surface area contributed by atoms with Crippen molar-refractivity contribution in [2.45, 2.75) is 6.92 Å². The topological polar surface area (TPSA) is 60.2 Å². The number of aryl methyl sites for hydroxylation is 1. The highest BCUT2D eigenvalue weighted by Gasteiger charge is 2.02. The van der Waals surface area contributed by atoms with E-state index in [1.165, 1.54) is 0 Å². The molecule has 0 saturated carbocycles. The van der Waals surface area contributed by atoms with Crippen molar-refractivity contribution in [2.75, 3.05) is 12.4 Å². The Morgan fingerprint density at radius 3 is 2.63 bits per heavy atom. The summed E-state index contributed by atoms with van der Waals surface area (Å²) in [4.78, 5) is 4.48. The summed E-state index contributed by atoms with van der Waals surface area (Å²) in [6, 6.07) is 9.54. The van der Waals surface area contributed by atoms with Gasteiger partial charge in [0.1, 0.15) is 10.7 Å². The average Bonchev–Trinajstić information content (AvgIpc) is 2.41. The highest BCUT2D eigenvalue weighted by atomic mass is 32.1. The van der Waals surface area contributed by atoms with Gasteiger partial charge in [-0.05, 0) is 42.8 Å². The molecular formula is C14H15N3OS. The lowest BCUT2D eigenvalue weighted by Crippen LogP contribution is -2.11. The van der Waals surface area contributed by atoms with Crippen molar-refractivity contribution in [1.29, 1.82) is 0 Å². The molecule has 0 unspecified atom stereocenters. The van der Waals surface area contributed by atoms with Crippen LogP contribution in [-0.4, -0.2) is 17.1 Å². The van der Waals surface area contributed by atoms with Crippen LogP contribution < -0.4 is 15.8 Å². The average molecular weight is 273 g/mol. The van der Waals surface area contributed by atoms with Gasteiger partial charge in [-0.3, -0.25) is 4.98 Å². The van der Waals surface area contributed by atoms with Crippen molar-refractivity contribution < 1.29 is 4.74 Å². The van der Waals surface area contributed by atoms with E-state index in [1.807, 2.05) is 31.2 Å². The second-order valence-corrected chi connectivity index (χ2v) is 4.54. The molecule has 5 heteroatoms. The van der Waals surface area contributed by atoms with Gasteiger partial charge >= 0.3 is 0 Å². The Balaban J connectivity index is 2.19. The van der Waals surface area contributed by atoms with Crippen LogP contribution in [0.4, 0.5) is 11.4 Å². The quantitative estimate of drug-likeness (QED) is 0.839. The number of nitrogens with one attached hydrogen (secondary N) is 1. The number of hydrogen-bond donors (Lipinski definition) is 2. The molecule has 0 bridgehead atoms. The van der Waals surface area contributed by atoms with Crippen LogP contribution in [0.5, 0.6) is 5.75 Å². The van der Waals surface area contributed by atoms with Gasteiger partial charge in [-0.15, -0.1) is 0 Å². The summed E-state index contributed by atoms with van der Waals surface area (Å²) >= 11 is 4.86. The lowest BCUT2D eigenvalue weighted by Gasteiger charge is -2.11. The number of thiocarbonyl (C=S) groups is 1. The van der Waals surface area contributed by atoms with E-state index in [4.69, 9.17) is 22.7 Å². The number of nitrogens with zero attached hydrogens (tertiary/aromatic N) is 1. The summed E-state index contributed by atoms with van der Waals surface area (Å²) in [5.74, 6) is 0.838. The molecule has 0 spiro atoms. The lowest BCUT2D eigenvalue weighted by atomic mass is 10.2. The maximum atomic E-state index is 5.51. The molecule has 2 rings (SSSR count). The second-order valence-electron chi connectivity index (χ2n) is 4.10. The number of methoxy groups -OCH3 is 1. The molecule has 98 valence electrons. The van der Waals surface area contributed by atoms with Gasteiger partial charge in [-0.1, -0.05) is 12.2 Å². The van der Waals surface area contributed by atoms with Crippen LogP contribution in [0.25, 0.3) is 0 Å². The summed E-state index contributed by atoms with van der Waals surface area (Å²) in [6.07, 6.45) is 1.71. The largest absolute Gasteiger partial charge is 0.497 e. The first kappa shape index (κ1) is 13.3. The first-order valence-corrected chi connectivity index (χ1v) is 6.18. The van der Waals surface area contributed by atoms with E-state index >= 15 is 0 Å². The maximum absolute atomic E-state index is 5.51. The van der Waals surface area contributed by atoms with Gasteiger partial charge in [0.05, 0.1) is 24.7 Å². The molecule has 0 aliphatic rings. The van der Waals surface area contributed by atoms with Crippen LogP contribution in [0.2, 0.25) is 0 Å². The van der Waals surface area contributed by atoms with Crippen LogP contribution in [0.15, 0.2) is 36.5 Å². The third-order valence-electron chi connectivity index (χ3n) is 2.73. The van der Waals surface area contributed by atoms with E-state index in [1.54, 1.807) is 19.4 Å². The molecular weight excluding hydrogens is 258 g/mol. The van der Waals surface area contributed by atoms with Gasteiger partial charge in [-0.25, -0.2) is 0 Å². The first-order valence-electron chi connectivity index (χ1n) is 5.77. The number of pyridine rings is 1. The number of hydrogen-bond acceptors (Lipinski definition) is 4. The fraction of sp³-hybridized carbons (Fsp3) is 0.143. The SMILES string of the molecule is COc1ccc(Nc2ccc(C(N)=S)nc2)c(C)c1. The van der Waals surface area contributed by atoms with E-state index < -0.39 is 0 Å². The van der Waals surface area contributed by atoms with E-state index in [9.17, 15) is 0 Å². The first-order chi connectivity index (χ1) is 9.10. The zero-order valence-corrected chi connectivity index (χ0v) is 11.6. The molecule has 0 saturated heterocycles. The molecule has 0 radical (unpaired) electrons. The Morgan fingerprint density at radius 2 is 2.11 bits per heavy atom. The van der Waals surface area contributed by atoms with Crippen molar-refractivity contribution in [2.24, 2.45) is 5.73 Å². The number of ether oxygens (including phenoxy) is 1. The number of aromatic nitrogens is 1. The second kappa shape index (κ2) is 5.67. The summed E-state index contributed by atoms with van der Waals surface area (Å²) in [7, 11) is 1.65. The molecule has 3 N–H and O–H groups in total. The number of benzene rings is 1. The van der Waals surface area contributed by atoms with Crippen LogP contribution in [0, 0.1) is 6.92 Å². The van der Waals surface area contributed by atoms with Gasteiger partial charge in [0.2, 0.25) is 0 Å². The van der Waals surface area contributed by atoms with E-state index in [0.717, 1.165) is 22.7 Å². The summed E-state index contributed by atoms with van der Waals surface area (Å²) in [6.45, 7) is 2.02. The van der Waals surface area contributed by atoms with Gasteiger partial charge in [0.15, 0.2) is 0 Å². The molecule has 0 aliphatic heterocycles. The number of anilines is 2. The maximum Gasteiger partial charge on any atom is 0.122 e. The predicted octanol–water partition coefficient (Wildman–Crippen LogP) is 2.78. The molecule has 1 heterocycles. The summed E-state index contributed by atoms with van der Waals surface area (Å²) < 4.78 is 5.17. The molecule has 19 heavy (non-hydrogen) atoms. The molecule has 0 atom stereocenters. The normalized spacial score (nSPS) is 10.0. The molecule has 1 aromatic carbocycles. The van der Waals surface area contributed by atoms with E-state index in [2.05, 4.69) is 10.3 Å². The third kappa shape index (κ3) is 3.20. The Labute approximate surface area is 117 Å². The fourth-order valence-corrected chi connectivity index (χ4v) is 1.79. The van der Waals surface area contributed by atoms with Gasteiger partial charge in [0, 0.05) is 5.69 Å². The summed E-state index contributed by atoms with van der Waals surface area (Å²) in [5.41, 5.74) is 9.11. The minimum atomic E-state index is 0.298.